The number of pyridine rings is 1. The summed E-state index contributed by atoms with van der Waals surface area (Å²) in [7, 11) is 0. The summed E-state index contributed by atoms with van der Waals surface area (Å²) in [5.41, 5.74) is 14.4. The third kappa shape index (κ3) is 8.86. The van der Waals surface area contributed by atoms with Crippen LogP contribution in [0, 0.1) is 6.07 Å². The van der Waals surface area contributed by atoms with Gasteiger partial charge in [-0.3, -0.25) is 9.55 Å². The van der Waals surface area contributed by atoms with Gasteiger partial charge in [0.25, 0.3) is 0 Å². The number of hydrogen-bond acceptors (Lipinski definition) is 3. The van der Waals surface area contributed by atoms with E-state index in [2.05, 4.69) is 182 Å². The molecule has 0 aliphatic heterocycles. The summed E-state index contributed by atoms with van der Waals surface area (Å²) in [4.78, 5) is 10.5. The number of nitrogens with zero attached hydrogens (tertiary/aromatic N) is 3. The second-order valence-electron chi connectivity index (χ2n) is 19.7. The molecule has 0 unspecified atom stereocenters. The van der Waals surface area contributed by atoms with E-state index in [1.165, 1.54) is 0 Å². The third-order valence-corrected chi connectivity index (χ3v) is 11.7. The van der Waals surface area contributed by atoms with Crippen LogP contribution in [0.2, 0.25) is 0 Å². The molecule has 0 radical (unpaired) electrons. The molecular weight excluding hydrogens is 938 g/mol. The van der Waals surface area contributed by atoms with Crippen molar-refractivity contribution < 1.29 is 27.5 Å². The fraction of sp³-hybridized carbons (Fsp3) is 0.263. The molecule has 0 saturated heterocycles. The number of hydrogen-bond donors (Lipinski definition) is 1. The van der Waals surface area contributed by atoms with Crippen LogP contribution >= 0.6 is 0 Å². The summed E-state index contributed by atoms with van der Waals surface area (Å²) in [6.45, 7) is 23.6. The number of phenols is 1. The number of para-hydroxylation sites is 1. The van der Waals surface area contributed by atoms with Crippen LogP contribution in [-0.2, 0) is 37.3 Å². The maximum atomic E-state index is 12.5. The molecule has 0 aliphatic carbocycles. The Balaban J connectivity index is 0.00000595. The first-order valence-corrected chi connectivity index (χ1v) is 21.4. The van der Waals surface area contributed by atoms with Crippen LogP contribution < -0.4 is 0 Å². The monoisotopic (exact) mass is 996 g/mol. The number of rotatable bonds is 7. The molecule has 0 bridgehead atoms. The molecule has 0 fully saturated rings. The quantitative estimate of drug-likeness (QED) is 0.162. The topological polar surface area (TPSA) is 50.9 Å². The molecule has 4 nitrogen and oxygen atoms in total. The fourth-order valence-corrected chi connectivity index (χ4v) is 8.07. The third-order valence-electron chi connectivity index (χ3n) is 11.7. The normalized spacial score (nSPS) is 12.6. The Morgan fingerprint density at radius 2 is 1.21 bits per heavy atom. The smallest absolute Gasteiger partial charge is 0.148 e. The van der Waals surface area contributed by atoms with E-state index < -0.39 is 5.89 Å². The van der Waals surface area contributed by atoms with Gasteiger partial charge in [0, 0.05) is 45.6 Å². The second-order valence-corrected chi connectivity index (χ2v) is 19.7. The van der Waals surface area contributed by atoms with Gasteiger partial charge in [0.1, 0.15) is 11.6 Å². The molecule has 62 heavy (non-hydrogen) atoms. The molecule has 318 valence electrons. The number of imidazole rings is 1. The van der Waals surface area contributed by atoms with E-state index in [0.29, 0.717) is 11.4 Å². The Bertz CT molecular complexity index is 2940. The number of fused-ring (bicyclic) bond motifs is 1. The number of aromatic nitrogens is 3. The molecule has 0 saturated carbocycles. The Kier molecular flexibility index (Phi) is 11.8. The van der Waals surface area contributed by atoms with E-state index in [0.717, 1.165) is 83.6 Å². The minimum Gasteiger partial charge on any atom is -0.507 e. The zero-order valence-electron chi connectivity index (χ0n) is 38.9. The zero-order chi connectivity index (χ0) is 44.4. The Morgan fingerprint density at radius 1 is 0.597 bits per heavy atom. The van der Waals surface area contributed by atoms with E-state index in [9.17, 15) is 6.48 Å². The largest absolute Gasteiger partial charge is 0.507 e. The summed E-state index contributed by atoms with van der Waals surface area (Å²) in [5, 5.41) is 12.5. The summed E-state index contributed by atoms with van der Waals surface area (Å²) >= 11 is 0. The molecule has 5 heteroatoms. The van der Waals surface area contributed by atoms with Gasteiger partial charge in [-0.25, -0.2) is 4.98 Å². The minimum absolute atomic E-state index is 0. The Hall–Kier alpha value is -5.57. The van der Waals surface area contributed by atoms with E-state index in [1.807, 2.05) is 44.3 Å². The molecule has 0 aliphatic rings. The van der Waals surface area contributed by atoms with E-state index >= 15 is 0 Å². The van der Waals surface area contributed by atoms with Gasteiger partial charge >= 0.3 is 0 Å². The molecule has 0 spiro atoms. The maximum absolute atomic E-state index is 12.5. The predicted molar refractivity (Wildman–Crippen MR) is 257 cm³/mol. The van der Waals surface area contributed by atoms with Gasteiger partial charge in [-0.1, -0.05) is 178 Å². The first-order valence-electron chi connectivity index (χ1n) is 21.9. The van der Waals surface area contributed by atoms with E-state index in [4.69, 9.17) is 9.97 Å². The van der Waals surface area contributed by atoms with E-state index in [-0.39, 0.29) is 43.1 Å². The molecule has 1 N–H and O–H groups in total. The SMILES string of the molecule is [2H]C(C)(C)c1cc(-c2ccccc2)cc(-n2c(-c3cc(C(C)(C)C)cc(C(C)(C)C)c3O)nc3c(-c4[c-]c(-c5cc(-c6ccccc6)ccn5)cc(C(C)(C)C)c4)cccc32)c1.[Pt]. The van der Waals surface area contributed by atoms with Crippen LogP contribution in [0.1, 0.15) is 106 Å². The summed E-state index contributed by atoms with van der Waals surface area (Å²) in [6, 6.07) is 50.2. The first kappa shape index (κ1) is 43.1. The van der Waals surface area contributed by atoms with Gasteiger partial charge in [-0.2, -0.15) is 0 Å². The second kappa shape index (κ2) is 16.9. The van der Waals surface area contributed by atoms with Crippen LogP contribution in [0.25, 0.3) is 72.7 Å². The predicted octanol–water partition coefficient (Wildman–Crippen LogP) is 15.3. The minimum atomic E-state index is -0.889. The van der Waals surface area contributed by atoms with Crippen molar-refractivity contribution in [3.8, 4) is 67.5 Å². The molecule has 8 aromatic rings. The number of benzene rings is 6. The van der Waals surface area contributed by atoms with Crippen LogP contribution in [0.3, 0.4) is 0 Å². The Morgan fingerprint density at radius 3 is 1.82 bits per heavy atom. The van der Waals surface area contributed by atoms with Crippen molar-refractivity contribution in [2.24, 2.45) is 0 Å². The maximum Gasteiger partial charge on any atom is 0.148 e. The fourth-order valence-electron chi connectivity index (χ4n) is 8.07. The molecule has 0 atom stereocenters. The standard InChI is InChI=1S/C57H58N3O.Pt/c1-36(2)40-27-41(38-21-16-13-17-22-38)32-46(31-40)60-51-24-18-23-47(52(51)59-54(60)48-34-45(56(6,7)8)35-49(53(48)61)57(9,10)11)42-28-43(30-44(29-42)55(3,4)5)50-33-39(25-26-58-50)37-19-14-12-15-20-37;/h12-27,29-36,61H,1-11H3;/q-1;/i36D;. The molecule has 8 rings (SSSR count). The average Bonchev–Trinajstić information content (AvgIpc) is 3.62. The van der Waals surface area contributed by atoms with Crippen LogP contribution in [0.5, 0.6) is 5.75 Å². The van der Waals surface area contributed by atoms with E-state index in [1.54, 1.807) is 0 Å². The molecule has 6 aromatic carbocycles. The van der Waals surface area contributed by atoms with Gasteiger partial charge in [0.05, 0.1) is 16.6 Å². The molecular formula is C57H58N3OPt-. The van der Waals surface area contributed by atoms with Crippen molar-refractivity contribution >= 4 is 11.0 Å². The van der Waals surface area contributed by atoms with Crippen molar-refractivity contribution in [2.75, 3.05) is 0 Å². The van der Waals surface area contributed by atoms with Gasteiger partial charge < -0.3 is 5.11 Å². The molecule has 2 heterocycles. The molecule has 2 aromatic heterocycles. The van der Waals surface area contributed by atoms with Crippen molar-refractivity contribution in [1.29, 1.82) is 0 Å². The van der Waals surface area contributed by atoms with Crippen LogP contribution in [0.4, 0.5) is 0 Å². The van der Waals surface area contributed by atoms with Gasteiger partial charge in [0.2, 0.25) is 0 Å². The van der Waals surface area contributed by atoms with Gasteiger partial charge in [-0.05, 0) is 85.9 Å². The Labute approximate surface area is 384 Å². The summed E-state index contributed by atoms with van der Waals surface area (Å²) < 4.78 is 11.4. The summed E-state index contributed by atoms with van der Waals surface area (Å²) in [6.07, 6.45) is 1.88. The van der Waals surface area contributed by atoms with Crippen molar-refractivity contribution in [3.05, 3.63) is 168 Å². The van der Waals surface area contributed by atoms with Gasteiger partial charge in [0.15, 0.2) is 0 Å². The zero-order valence-corrected chi connectivity index (χ0v) is 40.2. The van der Waals surface area contributed by atoms with Crippen molar-refractivity contribution in [1.82, 2.24) is 14.5 Å². The van der Waals surface area contributed by atoms with Gasteiger partial charge in [-0.15, -0.1) is 29.3 Å². The van der Waals surface area contributed by atoms with Crippen molar-refractivity contribution in [2.45, 2.75) is 98.3 Å². The van der Waals surface area contributed by atoms with Crippen LogP contribution in [0.15, 0.2) is 140 Å². The summed E-state index contributed by atoms with van der Waals surface area (Å²) in [5.74, 6) is -0.0405. The van der Waals surface area contributed by atoms with Crippen molar-refractivity contribution in [3.63, 3.8) is 0 Å². The average molecular weight is 997 g/mol. The number of aromatic hydroxyl groups is 1. The first-order chi connectivity index (χ1) is 29.2. The molecule has 0 amide bonds. The van der Waals surface area contributed by atoms with Crippen LogP contribution in [-0.4, -0.2) is 19.6 Å². The number of phenolic OH excluding ortho intramolecular Hbond substituents is 1.